The number of oxime groups is 1. The molecular formula is C21H18N2O5. The van der Waals surface area contributed by atoms with E-state index in [1.807, 2.05) is 48.5 Å². The molecule has 7 nitrogen and oxygen atoms in total. The highest BCUT2D eigenvalue weighted by atomic mass is 16.7. The van der Waals surface area contributed by atoms with Crippen LogP contribution in [0.25, 0.3) is 11.5 Å². The van der Waals surface area contributed by atoms with Gasteiger partial charge in [-0.3, -0.25) is 0 Å². The van der Waals surface area contributed by atoms with Crippen molar-refractivity contribution in [3.05, 3.63) is 71.8 Å². The van der Waals surface area contributed by atoms with Crippen LogP contribution in [0.2, 0.25) is 0 Å². The van der Waals surface area contributed by atoms with Crippen LogP contribution in [0.5, 0.6) is 11.5 Å². The average molecular weight is 378 g/mol. The summed E-state index contributed by atoms with van der Waals surface area (Å²) in [5.74, 6) is 1.83. The molecule has 0 aromatic heterocycles. The lowest BCUT2D eigenvalue weighted by Gasteiger charge is -2.26. The van der Waals surface area contributed by atoms with Crippen LogP contribution in [0.3, 0.4) is 0 Å². The Morgan fingerprint density at radius 1 is 0.857 bits per heavy atom. The minimum absolute atomic E-state index is 0.0535. The molecule has 2 aromatic rings. The number of nitrogens with two attached hydrogens (primary N) is 1. The second-order valence-corrected chi connectivity index (χ2v) is 6.30. The van der Waals surface area contributed by atoms with Crippen molar-refractivity contribution in [2.75, 3.05) is 14.2 Å². The molecule has 0 amide bonds. The summed E-state index contributed by atoms with van der Waals surface area (Å²) < 4.78 is 16.5. The predicted octanol–water partition coefficient (Wildman–Crippen LogP) is 2.93. The molecule has 2 aromatic carbocycles. The standard InChI is InChI=1S/C21H18N2O5/c1-25-15-7-3-13(4-8-15)17-11-21(19(22)23-28-20(21)24)12-18(27-17)14-5-9-16(26-2)10-6-14/h3-12H,1-2H3,(H2,22,23). The molecule has 2 N–H and O–H groups in total. The molecule has 0 radical (unpaired) electrons. The van der Waals surface area contributed by atoms with Crippen LogP contribution in [0.1, 0.15) is 11.1 Å². The lowest BCUT2D eigenvalue weighted by molar-refractivity contribution is -0.144. The molecule has 2 heterocycles. The monoisotopic (exact) mass is 378 g/mol. The molecule has 142 valence electrons. The van der Waals surface area contributed by atoms with E-state index in [1.165, 1.54) is 0 Å². The maximum atomic E-state index is 12.5. The van der Waals surface area contributed by atoms with Crippen molar-refractivity contribution in [3.8, 4) is 11.5 Å². The molecule has 4 rings (SSSR count). The predicted molar refractivity (Wildman–Crippen MR) is 103 cm³/mol. The number of carbonyl (C=O) groups is 1. The lowest BCUT2D eigenvalue weighted by Crippen LogP contribution is -2.38. The van der Waals surface area contributed by atoms with Gasteiger partial charge in [-0.25, -0.2) is 4.79 Å². The zero-order valence-electron chi connectivity index (χ0n) is 15.3. The van der Waals surface area contributed by atoms with E-state index < -0.39 is 11.4 Å². The first-order valence-electron chi connectivity index (χ1n) is 8.53. The Bertz CT molecular complexity index is 941. The Hall–Kier alpha value is -3.74. The molecule has 28 heavy (non-hydrogen) atoms. The number of methoxy groups -OCH3 is 2. The molecule has 0 saturated carbocycles. The van der Waals surface area contributed by atoms with Crippen LogP contribution in [-0.4, -0.2) is 26.0 Å². The number of ether oxygens (including phenoxy) is 3. The van der Waals surface area contributed by atoms with Gasteiger partial charge in [0.1, 0.15) is 23.0 Å². The summed E-state index contributed by atoms with van der Waals surface area (Å²) in [5.41, 5.74) is 6.22. The largest absolute Gasteiger partial charge is 0.497 e. The number of amidine groups is 1. The molecule has 0 aliphatic carbocycles. The maximum Gasteiger partial charge on any atom is 0.356 e. The van der Waals surface area contributed by atoms with Gasteiger partial charge in [0.05, 0.1) is 14.2 Å². The summed E-state index contributed by atoms with van der Waals surface area (Å²) >= 11 is 0. The first-order valence-corrected chi connectivity index (χ1v) is 8.53. The van der Waals surface area contributed by atoms with Gasteiger partial charge >= 0.3 is 5.97 Å². The summed E-state index contributed by atoms with van der Waals surface area (Å²) in [6.07, 6.45) is 3.24. The van der Waals surface area contributed by atoms with Gasteiger partial charge in [-0.05, 0) is 60.7 Å². The SMILES string of the molecule is COc1ccc(C2=CC3(C=C(c4ccc(OC)cc4)O2)C(=O)ON=C3N)cc1. The second-order valence-electron chi connectivity index (χ2n) is 6.30. The molecule has 0 atom stereocenters. The fourth-order valence-corrected chi connectivity index (χ4v) is 3.04. The van der Waals surface area contributed by atoms with Gasteiger partial charge in [0, 0.05) is 11.1 Å². The van der Waals surface area contributed by atoms with Crippen molar-refractivity contribution < 1.29 is 23.8 Å². The third-order valence-corrected chi connectivity index (χ3v) is 4.68. The molecule has 1 spiro atoms. The fourth-order valence-electron chi connectivity index (χ4n) is 3.04. The van der Waals surface area contributed by atoms with E-state index in [9.17, 15) is 4.79 Å². The quantitative estimate of drug-likeness (QED) is 0.823. The third kappa shape index (κ3) is 2.87. The number of benzene rings is 2. The van der Waals surface area contributed by atoms with Crippen LogP contribution in [0.15, 0.2) is 65.8 Å². The molecule has 0 fully saturated rings. The topological polar surface area (TPSA) is 92.4 Å². The van der Waals surface area contributed by atoms with Crippen molar-refractivity contribution >= 4 is 23.3 Å². The summed E-state index contributed by atoms with van der Waals surface area (Å²) in [5, 5.41) is 3.67. The number of rotatable bonds is 4. The van der Waals surface area contributed by atoms with Gasteiger partial charge in [0.25, 0.3) is 0 Å². The molecule has 0 unspecified atom stereocenters. The van der Waals surface area contributed by atoms with Gasteiger partial charge in [0.15, 0.2) is 11.3 Å². The zero-order chi connectivity index (χ0) is 19.7. The van der Waals surface area contributed by atoms with Crippen LogP contribution in [-0.2, 0) is 14.4 Å². The normalized spacial score (nSPS) is 17.2. The van der Waals surface area contributed by atoms with Gasteiger partial charge in [0.2, 0.25) is 0 Å². The number of hydrogen-bond donors (Lipinski definition) is 1. The summed E-state index contributed by atoms with van der Waals surface area (Å²) in [6.45, 7) is 0. The van der Waals surface area contributed by atoms with Crippen molar-refractivity contribution in [3.63, 3.8) is 0 Å². The molecule has 2 aliphatic rings. The summed E-state index contributed by atoms with van der Waals surface area (Å²) in [7, 11) is 3.19. The molecular weight excluding hydrogens is 360 g/mol. The molecule has 0 saturated heterocycles. The molecule has 0 bridgehead atoms. The number of hydrogen-bond acceptors (Lipinski definition) is 7. The van der Waals surface area contributed by atoms with E-state index in [2.05, 4.69) is 5.16 Å². The van der Waals surface area contributed by atoms with Crippen LogP contribution >= 0.6 is 0 Å². The first-order chi connectivity index (χ1) is 13.6. The highest BCUT2D eigenvalue weighted by Gasteiger charge is 2.49. The highest BCUT2D eigenvalue weighted by molar-refractivity contribution is 6.13. The minimum atomic E-state index is -1.32. The Labute approximate surface area is 161 Å². The Morgan fingerprint density at radius 2 is 1.32 bits per heavy atom. The maximum absolute atomic E-state index is 12.5. The summed E-state index contributed by atoms with van der Waals surface area (Å²) in [4.78, 5) is 17.4. The van der Waals surface area contributed by atoms with Crippen LogP contribution in [0, 0.1) is 5.41 Å². The fraction of sp³-hybridized carbons (Fsp3) is 0.143. The van der Waals surface area contributed by atoms with Crippen molar-refractivity contribution in [1.82, 2.24) is 0 Å². The molecule has 7 heteroatoms. The average Bonchev–Trinajstić information content (AvgIpc) is 3.01. The Morgan fingerprint density at radius 3 is 1.68 bits per heavy atom. The van der Waals surface area contributed by atoms with Crippen LogP contribution in [0.4, 0.5) is 0 Å². The Balaban J connectivity index is 1.80. The van der Waals surface area contributed by atoms with Crippen LogP contribution < -0.4 is 15.2 Å². The van der Waals surface area contributed by atoms with E-state index in [0.717, 1.165) is 11.1 Å². The van der Waals surface area contributed by atoms with Crippen molar-refractivity contribution in [2.24, 2.45) is 16.3 Å². The van der Waals surface area contributed by atoms with Crippen molar-refractivity contribution in [1.29, 1.82) is 0 Å². The Kier molecular flexibility index (Phi) is 4.27. The summed E-state index contributed by atoms with van der Waals surface area (Å²) in [6, 6.07) is 14.6. The van der Waals surface area contributed by atoms with E-state index in [4.69, 9.17) is 24.8 Å². The zero-order valence-corrected chi connectivity index (χ0v) is 15.3. The van der Waals surface area contributed by atoms with E-state index >= 15 is 0 Å². The van der Waals surface area contributed by atoms with Gasteiger partial charge in [-0.15, -0.1) is 0 Å². The smallest absolute Gasteiger partial charge is 0.356 e. The number of nitrogens with zero attached hydrogens (tertiary/aromatic N) is 1. The minimum Gasteiger partial charge on any atom is -0.497 e. The van der Waals surface area contributed by atoms with E-state index in [-0.39, 0.29) is 5.84 Å². The van der Waals surface area contributed by atoms with Gasteiger partial charge in [-0.1, -0.05) is 5.16 Å². The lowest BCUT2D eigenvalue weighted by atomic mass is 9.83. The first kappa shape index (κ1) is 17.7. The highest BCUT2D eigenvalue weighted by Crippen LogP contribution is 2.42. The second kappa shape index (κ2) is 6.77. The molecule has 2 aliphatic heterocycles. The third-order valence-electron chi connectivity index (χ3n) is 4.68. The number of carbonyl (C=O) groups excluding carboxylic acids is 1. The van der Waals surface area contributed by atoms with Gasteiger partial charge in [-0.2, -0.15) is 0 Å². The van der Waals surface area contributed by atoms with E-state index in [1.54, 1.807) is 26.4 Å². The van der Waals surface area contributed by atoms with Gasteiger partial charge < -0.3 is 24.8 Å². The van der Waals surface area contributed by atoms with E-state index in [0.29, 0.717) is 23.0 Å². The van der Waals surface area contributed by atoms with Crippen molar-refractivity contribution in [2.45, 2.75) is 0 Å².